The largest absolute Gasteiger partial charge is 0.369 e. The van der Waals surface area contributed by atoms with E-state index in [2.05, 4.69) is 21.4 Å². The van der Waals surface area contributed by atoms with E-state index < -0.39 is 10.0 Å². The molecule has 0 saturated carbocycles. The second kappa shape index (κ2) is 9.74. The SMILES string of the molecule is CCCc1ccc(S(=O)(=O)NCCN2CCN(c3ccc(Cl)cc3)CC2)cc1. The fraction of sp³-hybridized carbons (Fsp3) is 0.429. The molecule has 2 aromatic carbocycles. The summed E-state index contributed by atoms with van der Waals surface area (Å²) in [5.74, 6) is 0. The minimum atomic E-state index is -3.45. The van der Waals surface area contributed by atoms with Crippen LogP contribution in [0, 0.1) is 0 Å². The molecule has 1 saturated heterocycles. The van der Waals surface area contributed by atoms with Crippen molar-refractivity contribution in [3.05, 3.63) is 59.1 Å². The summed E-state index contributed by atoms with van der Waals surface area (Å²) in [6, 6.07) is 15.1. The highest BCUT2D eigenvalue weighted by atomic mass is 35.5. The Kier molecular flexibility index (Phi) is 7.35. The van der Waals surface area contributed by atoms with Crippen molar-refractivity contribution >= 4 is 27.3 Å². The van der Waals surface area contributed by atoms with Gasteiger partial charge in [-0.2, -0.15) is 0 Å². The third-order valence-corrected chi connectivity index (χ3v) is 6.79. The molecular formula is C21H28ClN3O2S. The van der Waals surface area contributed by atoms with E-state index >= 15 is 0 Å². The highest BCUT2D eigenvalue weighted by Gasteiger charge is 2.18. The van der Waals surface area contributed by atoms with Crippen LogP contribution in [-0.4, -0.2) is 52.6 Å². The molecule has 7 heteroatoms. The van der Waals surface area contributed by atoms with Gasteiger partial charge in [0, 0.05) is 50.0 Å². The predicted octanol–water partition coefficient (Wildman–Crippen LogP) is 3.39. The second-order valence-electron chi connectivity index (χ2n) is 7.10. The topological polar surface area (TPSA) is 52.7 Å². The Labute approximate surface area is 173 Å². The van der Waals surface area contributed by atoms with Crippen LogP contribution in [0.25, 0.3) is 0 Å². The molecule has 0 spiro atoms. The Balaban J connectivity index is 1.44. The molecule has 0 aromatic heterocycles. The molecule has 28 heavy (non-hydrogen) atoms. The van der Waals surface area contributed by atoms with Crippen LogP contribution in [0.5, 0.6) is 0 Å². The summed E-state index contributed by atoms with van der Waals surface area (Å²) in [6.45, 7) is 6.91. The van der Waals surface area contributed by atoms with Gasteiger partial charge in [0.15, 0.2) is 0 Å². The molecule has 1 fully saturated rings. The van der Waals surface area contributed by atoms with Crippen molar-refractivity contribution in [2.45, 2.75) is 24.7 Å². The molecule has 2 aromatic rings. The molecule has 0 unspecified atom stereocenters. The van der Waals surface area contributed by atoms with Crippen molar-refractivity contribution in [1.82, 2.24) is 9.62 Å². The molecule has 152 valence electrons. The number of anilines is 1. The lowest BCUT2D eigenvalue weighted by molar-refractivity contribution is 0.262. The van der Waals surface area contributed by atoms with E-state index in [1.807, 2.05) is 36.4 Å². The maximum atomic E-state index is 12.5. The summed E-state index contributed by atoms with van der Waals surface area (Å²) in [7, 11) is -3.45. The van der Waals surface area contributed by atoms with E-state index in [1.54, 1.807) is 12.1 Å². The van der Waals surface area contributed by atoms with Gasteiger partial charge >= 0.3 is 0 Å². The number of piperazine rings is 1. The highest BCUT2D eigenvalue weighted by molar-refractivity contribution is 7.89. The first kappa shape index (κ1) is 21.1. The third-order valence-electron chi connectivity index (χ3n) is 5.06. The fourth-order valence-electron chi connectivity index (χ4n) is 3.43. The van der Waals surface area contributed by atoms with Gasteiger partial charge in [-0.25, -0.2) is 13.1 Å². The number of benzene rings is 2. The van der Waals surface area contributed by atoms with E-state index in [-0.39, 0.29) is 0 Å². The summed E-state index contributed by atoms with van der Waals surface area (Å²) in [5.41, 5.74) is 2.34. The summed E-state index contributed by atoms with van der Waals surface area (Å²) >= 11 is 5.95. The number of halogens is 1. The number of aryl methyl sites for hydroxylation is 1. The minimum Gasteiger partial charge on any atom is -0.369 e. The van der Waals surface area contributed by atoms with Gasteiger partial charge in [-0.15, -0.1) is 0 Å². The average Bonchev–Trinajstić information content (AvgIpc) is 2.70. The lowest BCUT2D eigenvalue weighted by Gasteiger charge is -2.36. The molecule has 1 N–H and O–H groups in total. The lowest BCUT2D eigenvalue weighted by Crippen LogP contribution is -2.48. The molecule has 1 aliphatic heterocycles. The van der Waals surface area contributed by atoms with Crippen LogP contribution in [0.3, 0.4) is 0 Å². The Hall–Kier alpha value is -1.60. The van der Waals surface area contributed by atoms with Crippen molar-refractivity contribution < 1.29 is 8.42 Å². The number of sulfonamides is 1. The van der Waals surface area contributed by atoms with Crippen molar-refractivity contribution in [1.29, 1.82) is 0 Å². The summed E-state index contributed by atoms with van der Waals surface area (Å²) in [5, 5.41) is 0.745. The van der Waals surface area contributed by atoms with Crippen LogP contribution in [0.1, 0.15) is 18.9 Å². The quantitative estimate of drug-likeness (QED) is 0.709. The second-order valence-corrected chi connectivity index (χ2v) is 9.30. The van der Waals surface area contributed by atoms with Gasteiger partial charge in [-0.3, -0.25) is 4.90 Å². The van der Waals surface area contributed by atoms with E-state index in [4.69, 9.17) is 11.6 Å². The third kappa shape index (κ3) is 5.70. The zero-order chi connectivity index (χ0) is 20.0. The van der Waals surface area contributed by atoms with E-state index in [1.165, 1.54) is 11.3 Å². The maximum absolute atomic E-state index is 12.5. The number of rotatable bonds is 8. The molecule has 1 heterocycles. The Bertz CT molecular complexity index is 846. The van der Waals surface area contributed by atoms with E-state index in [0.717, 1.165) is 44.0 Å². The smallest absolute Gasteiger partial charge is 0.240 e. The molecule has 5 nitrogen and oxygen atoms in total. The van der Waals surface area contributed by atoms with Crippen LogP contribution in [-0.2, 0) is 16.4 Å². The number of hydrogen-bond acceptors (Lipinski definition) is 4. The number of hydrogen-bond donors (Lipinski definition) is 1. The number of nitrogens with one attached hydrogen (secondary N) is 1. The maximum Gasteiger partial charge on any atom is 0.240 e. The molecule has 1 aliphatic rings. The summed E-state index contributed by atoms with van der Waals surface area (Å²) in [4.78, 5) is 4.95. The first-order chi connectivity index (χ1) is 13.5. The van der Waals surface area contributed by atoms with Crippen molar-refractivity contribution in [3.8, 4) is 0 Å². The number of nitrogens with zero attached hydrogens (tertiary/aromatic N) is 2. The lowest BCUT2D eigenvalue weighted by atomic mass is 10.1. The van der Waals surface area contributed by atoms with Crippen molar-refractivity contribution in [2.24, 2.45) is 0 Å². The van der Waals surface area contributed by atoms with Gasteiger partial charge in [0.25, 0.3) is 0 Å². The van der Waals surface area contributed by atoms with Gasteiger partial charge in [0.1, 0.15) is 0 Å². The van der Waals surface area contributed by atoms with E-state index in [0.29, 0.717) is 18.0 Å². The van der Waals surface area contributed by atoms with Crippen LogP contribution in [0.2, 0.25) is 5.02 Å². The molecule has 0 bridgehead atoms. The average molecular weight is 422 g/mol. The first-order valence-corrected chi connectivity index (χ1v) is 11.7. The normalized spacial score (nSPS) is 15.7. The van der Waals surface area contributed by atoms with Gasteiger partial charge in [-0.05, 0) is 48.4 Å². The van der Waals surface area contributed by atoms with E-state index in [9.17, 15) is 8.42 Å². The zero-order valence-corrected chi connectivity index (χ0v) is 17.8. The molecular weight excluding hydrogens is 394 g/mol. The minimum absolute atomic E-state index is 0.333. The van der Waals surface area contributed by atoms with Crippen LogP contribution >= 0.6 is 11.6 Å². The van der Waals surface area contributed by atoms with Gasteiger partial charge in [0.05, 0.1) is 4.90 Å². The predicted molar refractivity (Wildman–Crippen MR) is 116 cm³/mol. The highest BCUT2D eigenvalue weighted by Crippen LogP contribution is 2.19. The molecule has 0 aliphatic carbocycles. The Morgan fingerprint density at radius 3 is 2.21 bits per heavy atom. The fourth-order valence-corrected chi connectivity index (χ4v) is 4.57. The van der Waals surface area contributed by atoms with Gasteiger partial charge in [0.2, 0.25) is 10.0 Å². The van der Waals surface area contributed by atoms with Crippen LogP contribution in [0.4, 0.5) is 5.69 Å². The molecule has 0 amide bonds. The summed E-state index contributed by atoms with van der Waals surface area (Å²) < 4.78 is 27.6. The van der Waals surface area contributed by atoms with Gasteiger partial charge < -0.3 is 4.90 Å². The summed E-state index contributed by atoms with van der Waals surface area (Å²) in [6.07, 6.45) is 2.02. The first-order valence-electron chi connectivity index (χ1n) is 9.79. The monoisotopic (exact) mass is 421 g/mol. The Morgan fingerprint density at radius 1 is 0.964 bits per heavy atom. The molecule has 3 rings (SSSR count). The zero-order valence-electron chi connectivity index (χ0n) is 16.3. The van der Waals surface area contributed by atoms with Gasteiger partial charge in [-0.1, -0.05) is 37.1 Å². The van der Waals surface area contributed by atoms with Crippen LogP contribution in [0.15, 0.2) is 53.4 Å². The molecule has 0 atom stereocenters. The Morgan fingerprint density at radius 2 is 1.61 bits per heavy atom. The van der Waals surface area contributed by atoms with Crippen molar-refractivity contribution in [2.75, 3.05) is 44.2 Å². The van der Waals surface area contributed by atoms with Crippen molar-refractivity contribution in [3.63, 3.8) is 0 Å². The van der Waals surface area contributed by atoms with Crippen LogP contribution < -0.4 is 9.62 Å². The standard InChI is InChI=1S/C21H28ClN3O2S/c1-2-3-18-4-10-21(11-5-18)28(26,27)23-12-13-24-14-16-25(17-15-24)20-8-6-19(22)7-9-20/h4-11,23H,2-3,12-17H2,1H3. The molecule has 0 radical (unpaired) electrons.